The van der Waals surface area contributed by atoms with Crippen LogP contribution in [0, 0.1) is 0 Å². The van der Waals surface area contributed by atoms with Crippen LogP contribution in [0.1, 0.15) is 26.8 Å². The van der Waals surface area contributed by atoms with Gasteiger partial charge in [0.25, 0.3) is 0 Å². The molecule has 0 fully saturated rings. The summed E-state index contributed by atoms with van der Waals surface area (Å²) in [5, 5.41) is 9.80. The molecule has 1 heterocycles. The third kappa shape index (κ3) is 5.61. The first-order chi connectivity index (χ1) is 13.8. The van der Waals surface area contributed by atoms with Crippen LogP contribution in [0.15, 0.2) is 45.9 Å². The van der Waals surface area contributed by atoms with Gasteiger partial charge in [0.05, 0.1) is 17.5 Å². The van der Waals surface area contributed by atoms with Gasteiger partial charge >= 0.3 is 0 Å². The Hall–Kier alpha value is -1.39. The molecule has 160 valence electrons. The first-order valence-electron chi connectivity index (χ1n) is 9.26. The molecule has 0 radical (unpaired) electrons. The number of hydrogen-bond donors (Lipinski definition) is 0. The largest absolute Gasteiger partial charge is 0.383 e. The van der Waals surface area contributed by atoms with Crippen LogP contribution in [0.4, 0.5) is 0 Å². The molecule has 0 aliphatic heterocycles. The van der Waals surface area contributed by atoms with Crippen molar-refractivity contribution in [2.24, 2.45) is 0 Å². The van der Waals surface area contributed by atoms with Crippen molar-refractivity contribution < 1.29 is 13.2 Å². The summed E-state index contributed by atoms with van der Waals surface area (Å²) in [5.74, 6) is 1.07. The Morgan fingerprint density at radius 1 is 1.34 bits per heavy atom. The van der Waals surface area contributed by atoms with E-state index in [9.17, 15) is 8.42 Å². The second kappa shape index (κ2) is 10.6. The van der Waals surface area contributed by atoms with Crippen LogP contribution in [-0.4, -0.2) is 60.0 Å². The number of methoxy groups -OCH3 is 1. The fraction of sp³-hybridized carbons (Fsp3) is 0.474. The topological polar surface area (TPSA) is 77.3 Å². The maximum atomic E-state index is 12.9. The van der Waals surface area contributed by atoms with Gasteiger partial charge in [0.1, 0.15) is 0 Å². The van der Waals surface area contributed by atoms with E-state index < -0.39 is 10.0 Å². The Morgan fingerprint density at radius 2 is 2.03 bits per heavy atom. The number of hydrogen-bond acceptors (Lipinski definition) is 6. The van der Waals surface area contributed by atoms with E-state index >= 15 is 0 Å². The number of rotatable bonds is 11. The van der Waals surface area contributed by atoms with Gasteiger partial charge in [-0.2, -0.15) is 4.31 Å². The molecular formula is C19H27ClN4O3S2. The highest BCUT2D eigenvalue weighted by atomic mass is 35.5. The van der Waals surface area contributed by atoms with Gasteiger partial charge in [0, 0.05) is 36.5 Å². The van der Waals surface area contributed by atoms with E-state index in [1.807, 2.05) is 31.4 Å². The van der Waals surface area contributed by atoms with Crippen molar-refractivity contribution in [2.45, 2.75) is 36.9 Å². The lowest BCUT2D eigenvalue weighted by Gasteiger charge is -2.20. The maximum Gasteiger partial charge on any atom is 0.243 e. The van der Waals surface area contributed by atoms with Crippen molar-refractivity contribution >= 4 is 33.4 Å². The summed E-state index contributed by atoms with van der Waals surface area (Å²) in [7, 11) is -1.94. The van der Waals surface area contributed by atoms with Crippen molar-refractivity contribution in [2.75, 3.05) is 32.6 Å². The fourth-order valence-corrected chi connectivity index (χ4v) is 5.39. The molecule has 1 aromatic carbocycles. The van der Waals surface area contributed by atoms with Crippen molar-refractivity contribution in [1.82, 2.24) is 19.1 Å². The van der Waals surface area contributed by atoms with Gasteiger partial charge in [0.2, 0.25) is 10.0 Å². The Morgan fingerprint density at radius 3 is 2.62 bits per heavy atom. The molecule has 29 heavy (non-hydrogen) atoms. The Kier molecular flexibility index (Phi) is 8.72. The van der Waals surface area contributed by atoms with E-state index in [-0.39, 0.29) is 10.9 Å². The molecule has 0 bridgehead atoms. The minimum atomic E-state index is -3.57. The average Bonchev–Trinajstić information content (AvgIpc) is 3.11. The minimum Gasteiger partial charge on any atom is -0.383 e. The van der Waals surface area contributed by atoms with Crippen LogP contribution in [0.3, 0.4) is 0 Å². The van der Waals surface area contributed by atoms with E-state index in [1.54, 1.807) is 25.3 Å². The highest BCUT2D eigenvalue weighted by Crippen LogP contribution is 2.30. The Bertz CT molecular complexity index is 943. The number of halogens is 1. The Labute approximate surface area is 182 Å². The van der Waals surface area contributed by atoms with E-state index in [2.05, 4.69) is 16.8 Å². The molecule has 0 aliphatic rings. The SMILES string of the molecule is C=C(Cl)CSc1nnc(-c2cccc(S(=O)(=O)N(CC)CC)c2)n1C(C)COC. The maximum absolute atomic E-state index is 12.9. The van der Waals surface area contributed by atoms with E-state index in [4.69, 9.17) is 16.3 Å². The summed E-state index contributed by atoms with van der Waals surface area (Å²) in [6.07, 6.45) is 0. The zero-order valence-electron chi connectivity index (χ0n) is 17.1. The number of aromatic nitrogens is 3. The van der Waals surface area contributed by atoms with Gasteiger partial charge < -0.3 is 4.74 Å². The number of nitrogens with zero attached hydrogens (tertiary/aromatic N) is 4. The Balaban J connectivity index is 2.53. The van der Waals surface area contributed by atoms with Crippen LogP contribution in [0.2, 0.25) is 0 Å². The predicted molar refractivity (Wildman–Crippen MR) is 118 cm³/mol. The van der Waals surface area contributed by atoms with Gasteiger partial charge in [-0.15, -0.1) is 10.2 Å². The van der Waals surface area contributed by atoms with Crippen molar-refractivity contribution in [3.63, 3.8) is 0 Å². The smallest absolute Gasteiger partial charge is 0.243 e. The third-order valence-corrected chi connectivity index (χ3v) is 7.67. The number of sulfonamides is 1. The lowest BCUT2D eigenvalue weighted by atomic mass is 10.2. The molecule has 1 atom stereocenters. The molecule has 1 unspecified atom stereocenters. The van der Waals surface area contributed by atoms with Crippen molar-refractivity contribution in [3.8, 4) is 11.4 Å². The van der Waals surface area contributed by atoms with E-state index in [1.165, 1.54) is 16.1 Å². The minimum absolute atomic E-state index is 0.0564. The van der Waals surface area contributed by atoms with Crippen LogP contribution in [-0.2, 0) is 14.8 Å². The van der Waals surface area contributed by atoms with Crippen LogP contribution in [0.25, 0.3) is 11.4 Å². The number of ether oxygens (including phenoxy) is 1. The average molecular weight is 459 g/mol. The highest BCUT2D eigenvalue weighted by molar-refractivity contribution is 7.99. The summed E-state index contributed by atoms with van der Waals surface area (Å²) < 4.78 is 34.5. The second-order valence-corrected chi connectivity index (χ2v) is 9.82. The molecule has 0 aliphatic carbocycles. The molecule has 10 heteroatoms. The van der Waals surface area contributed by atoms with Crippen LogP contribution >= 0.6 is 23.4 Å². The normalized spacial score (nSPS) is 13.0. The molecular weight excluding hydrogens is 432 g/mol. The van der Waals surface area contributed by atoms with Gasteiger partial charge in [-0.05, 0) is 19.1 Å². The third-order valence-electron chi connectivity index (χ3n) is 4.31. The summed E-state index contributed by atoms with van der Waals surface area (Å²) in [6, 6.07) is 6.74. The molecule has 0 saturated carbocycles. The molecule has 2 aromatic rings. The molecule has 0 saturated heterocycles. The first kappa shape index (κ1) is 23.9. The highest BCUT2D eigenvalue weighted by Gasteiger charge is 2.24. The van der Waals surface area contributed by atoms with Crippen LogP contribution < -0.4 is 0 Å². The van der Waals surface area contributed by atoms with E-state index in [0.717, 1.165) is 0 Å². The quantitative estimate of drug-likeness (QED) is 0.473. The number of thioether (sulfide) groups is 1. The molecule has 0 amide bonds. The summed E-state index contributed by atoms with van der Waals surface area (Å²) >= 11 is 7.33. The lowest BCUT2D eigenvalue weighted by molar-refractivity contribution is 0.159. The summed E-state index contributed by atoms with van der Waals surface area (Å²) in [4.78, 5) is 0.232. The van der Waals surface area contributed by atoms with Gasteiger partial charge in [-0.1, -0.05) is 55.9 Å². The predicted octanol–water partition coefficient (Wildman–Crippen LogP) is 4.03. The monoisotopic (exact) mass is 458 g/mol. The standard InChI is InChI=1S/C19H27ClN4O3S2/c1-6-23(7-2)29(25,26)17-10-8-9-16(11-17)18-21-22-19(28-13-14(3)20)24(18)15(4)12-27-5/h8-11,15H,3,6-7,12-13H2,1-2,4-5H3. The molecule has 0 N–H and O–H groups in total. The zero-order chi connectivity index (χ0) is 21.6. The lowest BCUT2D eigenvalue weighted by Crippen LogP contribution is -2.30. The van der Waals surface area contributed by atoms with Gasteiger partial charge in [-0.3, -0.25) is 4.57 Å². The first-order valence-corrected chi connectivity index (χ1v) is 12.1. The molecule has 1 aromatic heterocycles. The number of benzene rings is 1. The zero-order valence-corrected chi connectivity index (χ0v) is 19.5. The second-order valence-electron chi connectivity index (χ2n) is 6.40. The van der Waals surface area contributed by atoms with Crippen molar-refractivity contribution in [3.05, 3.63) is 35.9 Å². The molecule has 2 rings (SSSR count). The molecule has 7 nitrogen and oxygen atoms in total. The summed E-state index contributed by atoms with van der Waals surface area (Å²) in [5.41, 5.74) is 0.672. The van der Waals surface area contributed by atoms with Gasteiger partial charge in [0.15, 0.2) is 11.0 Å². The van der Waals surface area contributed by atoms with E-state index in [0.29, 0.717) is 47.0 Å². The van der Waals surface area contributed by atoms with Crippen molar-refractivity contribution in [1.29, 1.82) is 0 Å². The fourth-order valence-electron chi connectivity index (χ4n) is 2.94. The van der Waals surface area contributed by atoms with Gasteiger partial charge in [-0.25, -0.2) is 8.42 Å². The summed E-state index contributed by atoms with van der Waals surface area (Å²) in [6.45, 7) is 10.6. The molecule has 0 spiro atoms. The van der Waals surface area contributed by atoms with Crippen LogP contribution in [0.5, 0.6) is 0 Å².